The van der Waals surface area contributed by atoms with Gasteiger partial charge < -0.3 is 4.90 Å². The Kier molecular flexibility index (Phi) is 5.02. The molecule has 0 saturated carbocycles. The fourth-order valence-electron chi connectivity index (χ4n) is 4.93. The molecule has 8 heteroatoms. The lowest BCUT2D eigenvalue weighted by atomic mass is 9.89. The minimum atomic E-state index is 0.197. The molecule has 0 N–H and O–H groups in total. The van der Waals surface area contributed by atoms with Gasteiger partial charge in [0.15, 0.2) is 10.8 Å². The molecule has 1 amide bonds. The predicted molar refractivity (Wildman–Crippen MR) is 118 cm³/mol. The number of thiophene rings is 1. The molecular formula is C21H27N5OS2. The van der Waals surface area contributed by atoms with Gasteiger partial charge in [0.1, 0.15) is 11.2 Å². The summed E-state index contributed by atoms with van der Waals surface area (Å²) < 4.78 is 1.97. The SMILES string of the molecule is C[C@@H]1CCc2c(sc3ncn4c(SCC(=O)N5[C@H](C)CCC[C@@H]5C)nnc4c23)C1. The molecule has 4 heterocycles. The van der Waals surface area contributed by atoms with Crippen LogP contribution >= 0.6 is 23.1 Å². The van der Waals surface area contributed by atoms with E-state index in [1.54, 1.807) is 11.3 Å². The van der Waals surface area contributed by atoms with Crippen molar-refractivity contribution in [3.05, 3.63) is 16.8 Å². The Labute approximate surface area is 179 Å². The monoisotopic (exact) mass is 429 g/mol. The summed E-state index contributed by atoms with van der Waals surface area (Å²) in [5, 5.41) is 10.8. The van der Waals surface area contributed by atoms with E-state index in [0.29, 0.717) is 17.8 Å². The van der Waals surface area contributed by atoms with Crippen molar-refractivity contribution in [2.45, 2.75) is 76.5 Å². The van der Waals surface area contributed by atoms with Crippen molar-refractivity contribution in [1.82, 2.24) is 24.5 Å². The summed E-state index contributed by atoms with van der Waals surface area (Å²) in [5.41, 5.74) is 2.30. The van der Waals surface area contributed by atoms with Crippen LogP contribution in [0.25, 0.3) is 15.9 Å². The zero-order chi connectivity index (χ0) is 20.1. The first-order valence-corrected chi connectivity index (χ1v) is 12.4. The summed E-state index contributed by atoms with van der Waals surface area (Å²) in [7, 11) is 0. The molecule has 154 valence electrons. The highest BCUT2D eigenvalue weighted by molar-refractivity contribution is 7.99. The molecule has 0 radical (unpaired) electrons. The average Bonchev–Trinajstić information content (AvgIpc) is 3.26. The fourth-order valence-corrected chi connectivity index (χ4v) is 7.05. The molecule has 3 atom stereocenters. The number of fused-ring (bicyclic) bond motifs is 5. The third-order valence-corrected chi connectivity index (χ3v) is 8.57. The topological polar surface area (TPSA) is 63.4 Å². The van der Waals surface area contributed by atoms with Crippen LogP contribution in [0.3, 0.4) is 0 Å². The molecule has 1 fully saturated rings. The van der Waals surface area contributed by atoms with E-state index in [2.05, 4.69) is 35.9 Å². The number of amides is 1. The number of likely N-dealkylation sites (tertiary alicyclic amines) is 1. The maximum atomic E-state index is 12.9. The average molecular weight is 430 g/mol. The summed E-state index contributed by atoms with van der Waals surface area (Å²) in [5.74, 6) is 1.33. The largest absolute Gasteiger partial charge is 0.337 e. The van der Waals surface area contributed by atoms with Gasteiger partial charge in [0.25, 0.3) is 0 Å². The van der Waals surface area contributed by atoms with E-state index in [-0.39, 0.29) is 5.91 Å². The van der Waals surface area contributed by atoms with Gasteiger partial charge in [0.05, 0.1) is 11.1 Å². The summed E-state index contributed by atoms with van der Waals surface area (Å²) in [4.78, 5) is 22.2. The van der Waals surface area contributed by atoms with Gasteiger partial charge in [-0.2, -0.15) is 0 Å². The number of carbonyl (C=O) groups excluding carboxylic acids is 1. The third kappa shape index (κ3) is 3.34. The highest BCUT2D eigenvalue weighted by Crippen LogP contribution is 2.39. The number of aryl methyl sites for hydroxylation is 1. The number of aromatic nitrogens is 4. The van der Waals surface area contributed by atoms with Crippen LogP contribution in [0, 0.1) is 5.92 Å². The van der Waals surface area contributed by atoms with E-state index in [0.717, 1.165) is 47.2 Å². The first-order chi connectivity index (χ1) is 14.0. The van der Waals surface area contributed by atoms with Crippen molar-refractivity contribution >= 4 is 44.9 Å². The highest BCUT2D eigenvalue weighted by atomic mass is 32.2. The van der Waals surface area contributed by atoms with Crippen LogP contribution in [-0.4, -0.2) is 48.2 Å². The second-order valence-electron chi connectivity index (χ2n) is 8.67. The Morgan fingerprint density at radius 1 is 1.21 bits per heavy atom. The zero-order valence-electron chi connectivity index (χ0n) is 17.2. The Bertz CT molecular complexity index is 1060. The standard InChI is InChI=1S/C21H27N5OS2/c1-12-7-8-15-16(9-12)29-20-18(15)19-23-24-21(25(19)11-22-20)28-10-17(27)26-13(2)5-4-6-14(26)3/h11-14H,4-10H2,1-3H3/t12-,13-,14+/m1/s1. The summed E-state index contributed by atoms with van der Waals surface area (Å²) in [6.45, 7) is 6.64. The summed E-state index contributed by atoms with van der Waals surface area (Å²) in [6, 6.07) is 0.644. The first-order valence-electron chi connectivity index (χ1n) is 10.6. The molecule has 0 spiro atoms. The van der Waals surface area contributed by atoms with Gasteiger partial charge in [-0.25, -0.2) is 4.98 Å². The van der Waals surface area contributed by atoms with E-state index in [9.17, 15) is 4.79 Å². The smallest absolute Gasteiger partial charge is 0.233 e. The molecule has 1 aliphatic heterocycles. The normalized spacial score (nSPS) is 24.9. The first kappa shape index (κ1) is 19.3. The predicted octanol–water partition coefficient (Wildman–Crippen LogP) is 4.35. The Balaban J connectivity index is 1.41. The van der Waals surface area contributed by atoms with Crippen molar-refractivity contribution in [3.8, 4) is 0 Å². The summed E-state index contributed by atoms with van der Waals surface area (Å²) >= 11 is 3.28. The number of rotatable bonds is 3. The van der Waals surface area contributed by atoms with E-state index in [1.807, 2.05) is 10.7 Å². The molecule has 3 aromatic rings. The molecule has 5 rings (SSSR count). The van der Waals surface area contributed by atoms with Crippen LogP contribution in [0.4, 0.5) is 0 Å². The molecule has 0 unspecified atom stereocenters. The molecule has 0 aromatic carbocycles. The number of hydrogen-bond donors (Lipinski definition) is 0. The van der Waals surface area contributed by atoms with E-state index in [4.69, 9.17) is 4.98 Å². The van der Waals surface area contributed by atoms with Crippen LogP contribution in [0.5, 0.6) is 0 Å². The van der Waals surface area contributed by atoms with Crippen LogP contribution < -0.4 is 0 Å². The van der Waals surface area contributed by atoms with E-state index in [1.165, 1.54) is 40.4 Å². The number of nitrogens with zero attached hydrogens (tertiary/aromatic N) is 5. The van der Waals surface area contributed by atoms with Crippen molar-refractivity contribution in [1.29, 1.82) is 0 Å². The van der Waals surface area contributed by atoms with Gasteiger partial charge in [-0.3, -0.25) is 9.20 Å². The molecule has 6 nitrogen and oxygen atoms in total. The molecule has 2 aliphatic rings. The van der Waals surface area contributed by atoms with Gasteiger partial charge in [-0.1, -0.05) is 18.7 Å². The molecule has 1 aliphatic carbocycles. The lowest BCUT2D eigenvalue weighted by Crippen LogP contribution is -2.48. The Morgan fingerprint density at radius 2 is 2.00 bits per heavy atom. The number of carbonyl (C=O) groups is 1. The van der Waals surface area contributed by atoms with Crippen LogP contribution in [0.2, 0.25) is 0 Å². The van der Waals surface area contributed by atoms with Crippen molar-refractivity contribution in [2.75, 3.05) is 5.75 Å². The zero-order valence-corrected chi connectivity index (χ0v) is 18.9. The maximum absolute atomic E-state index is 12.9. The molecule has 1 saturated heterocycles. The highest BCUT2D eigenvalue weighted by Gasteiger charge is 2.29. The van der Waals surface area contributed by atoms with Crippen LogP contribution in [-0.2, 0) is 17.6 Å². The van der Waals surface area contributed by atoms with E-state index >= 15 is 0 Å². The second-order valence-corrected chi connectivity index (χ2v) is 10.7. The van der Waals surface area contributed by atoms with Gasteiger partial charge in [-0.15, -0.1) is 21.5 Å². The van der Waals surface area contributed by atoms with Gasteiger partial charge in [0, 0.05) is 17.0 Å². The minimum Gasteiger partial charge on any atom is -0.337 e. The van der Waals surface area contributed by atoms with Crippen molar-refractivity contribution in [3.63, 3.8) is 0 Å². The summed E-state index contributed by atoms with van der Waals surface area (Å²) in [6.07, 6.45) is 8.67. The van der Waals surface area contributed by atoms with Crippen LogP contribution in [0.1, 0.15) is 56.9 Å². The number of thioether (sulfide) groups is 1. The molecule has 29 heavy (non-hydrogen) atoms. The fraction of sp³-hybridized carbons (Fsp3) is 0.619. The number of piperidine rings is 1. The molecule has 3 aromatic heterocycles. The van der Waals surface area contributed by atoms with Crippen LogP contribution in [0.15, 0.2) is 11.5 Å². The van der Waals surface area contributed by atoms with Crippen molar-refractivity contribution in [2.24, 2.45) is 5.92 Å². The molecule has 0 bridgehead atoms. The van der Waals surface area contributed by atoms with Gasteiger partial charge in [0.2, 0.25) is 5.91 Å². The quantitative estimate of drug-likeness (QED) is 0.579. The van der Waals surface area contributed by atoms with Gasteiger partial charge in [-0.05, 0) is 63.9 Å². The Hall–Kier alpha value is -1.67. The number of hydrogen-bond acceptors (Lipinski definition) is 6. The second kappa shape index (κ2) is 7.54. The van der Waals surface area contributed by atoms with E-state index < -0.39 is 0 Å². The Morgan fingerprint density at radius 3 is 2.79 bits per heavy atom. The lowest BCUT2D eigenvalue weighted by Gasteiger charge is -2.39. The van der Waals surface area contributed by atoms with Crippen molar-refractivity contribution < 1.29 is 4.79 Å². The third-order valence-electron chi connectivity index (χ3n) is 6.48. The lowest BCUT2D eigenvalue weighted by molar-refractivity contribution is -0.134. The maximum Gasteiger partial charge on any atom is 0.233 e. The van der Waals surface area contributed by atoms with Gasteiger partial charge >= 0.3 is 0 Å². The minimum absolute atomic E-state index is 0.197. The molecular weight excluding hydrogens is 402 g/mol.